The highest BCUT2D eigenvalue weighted by molar-refractivity contribution is 5.94. The van der Waals surface area contributed by atoms with Crippen molar-refractivity contribution in [2.24, 2.45) is 5.73 Å². The van der Waals surface area contributed by atoms with Gasteiger partial charge in [0.15, 0.2) is 0 Å². The third-order valence-electron chi connectivity index (χ3n) is 2.81. The Bertz CT molecular complexity index is 740. The minimum absolute atomic E-state index is 0.172. The summed E-state index contributed by atoms with van der Waals surface area (Å²) in [4.78, 5) is 11.7. The van der Waals surface area contributed by atoms with Crippen LogP contribution in [0.15, 0.2) is 66.8 Å². The lowest BCUT2D eigenvalue weighted by molar-refractivity contribution is -0.117. The first-order valence-corrected chi connectivity index (χ1v) is 6.57. The van der Waals surface area contributed by atoms with Crippen LogP contribution in [-0.2, 0) is 4.79 Å². The molecule has 0 unspecified atom stereocenters. The molecular formula is C17H17N3O3. The third kappa shape index (κ3) is 5.10. The van der Waals surface area contributed by atoms with Gasteiger partial charge in [0.05, 0.1) is 18.2 Å². The van der Waals surface area contributed by atoms with Gasteiger partial charge < -0.3 is 21.3 Å². The number of hydrogen-bond donors (Lipinski definition) is 4. The Kier molecular flexibility index (Phi) is 6.19. The fraction of sp³-hybridized carbons (Fsp3) is 0.0588. The van der Waals surface area contributed by atoms with Gasteiger partial charge in [-0.25, -0.2) is 0 Å². The Morgan fingerprint density at radius 3 is 2.70 bits per heavy atom. The van der Waals surface area contributed by atoms with Crippen molar-refractivity contribution in [1.29, 1.82) is 5.26 Å². The molecule has 1 aromatic carbocycles. The van der Waals surface area contributed by atoms with Crippen LogP contribution < -0.4 is 11.1 Å². The second kappa shape index (κ2) is 8.10. The van der Waals surface area contributed by atoms with Crippen LogP contribution in [0.3, 0.4) is 0 Å². The molecule has 0 spiro atoms. The number of nitrogens with two attached hydrogens (primary N) is 1. The first-order chi connectivity index (χ1) is 10.9. The number of rotatable bonds is 6. The van der Waals surface area contributed by atoms with Gasteiger partial charge in [-0.15, -0.1) is 0 Å². The van der Waals surface area contributed by atoms with Gasteiger partial charge >= 0.3 is 0 Å². The molecular weight excluding hydrogens is 294 g/mol. The second-order valence-corrected chi connectivity index (χ2v) is 4.54. The topological polar surface area (TPSA) is 119 Å². The maximum Gasteiger partial charge on any atom is 0.271 e. The number of aliphatic hydroxyl groups is 2. The van der Waals surface area contributed by atoms with Gasteiger partial charge in [-0.1, -0.05) is 31.4 Å². The van der Waals surface area contributed by atoms with Gasteiger partial charge in [-0.3, -0.25) is 4.79 Å². The zero-order valence-electron chi connectivity index (χ0n) is 12.4. The Labute approximate surface area is 134 Å². The molecule has 0 aromatic heterocycles. The lowest BCUT2D eigenvalue weighted by atomic mass is 10.0. The van der Waals surface area contributed by atoms with E-state index >= 15 is 0 Å². The lowest BCUT2D eigenvalue weighted by Crippen LogP contribution is -2.31. The summed E-state index contributed by atoms with van der Waals surface area (Å²) in [5.74, 6) is -1.44. The highest BCUT2D eigenvalue weighted by Crippen LogP contribution is 2.19. The molecule has 0 aliphatic heterocycles. The molecule has 0 bridgehead atoms. The molecule has 1 rings (SSSR count). The molecule has 0 aliphatic carbocycles. The number of amides is 1. The number of nitriles is 1. The number of carbonyl (C=O) groups is 1. The molecule has 6 heteroatoms. The molecule has 0 saturated carbocycles. The van der Waals surface area contributed by atoms with Crippen molar-refractivity contribution in [3.05, 3.63) is 77.9 Å². The number of carbonyl (C=O) groups excluding carboxylic acids is 1. The van der Waals surface area contributed by atoms with Gasteiger partial charge in [-0.05, 0) is 29.3 Å². The van der Waals surface area contributed by atoms with E-state index in [2.05, 4.69) is 18.5 Å². The van der Waals surface area contributed by atoms with Gasteiger partial charge in [0, 0.05) is 0 Å². The first kappa shape index (κ1) is 17.6. The molecule has 0 aliphatic rings. The summed E-state index contributed by atoms with van der Waals surface area (Å²) in [5, 5.41) is 30.1. The quantitative estimate of drug-likeness (QED) is 0.364. The fourth-order valence-electron chi connectivity index (χ4n) is 1.65. The van der Waals surface area contributed by atoms with Crippen LogP contribution in [0.25, 0.3) is 5.57 Å². The van der Waals surface area contributed by atoms with Crippen LogP contribution in [0.4, 0.5) is 0 Å². The average Bonchev–Trinajstić information content (AvgIpc) is 2.56. The highest BCUT2D eigenvalue weighted by atomic mass is 16.3. The van der Waals surface area contributed by atoms with Crippen LogP contribution in [0.1, 0.15) is 11.1 Å². The predicted molar refractivity (Wildman–Crippen MR) is 88.0 cm³/mol. The zero-order valence-corrected chi connectivity index (χ0v) is 12.4. The largest absolute Gasteiger partial charge is 0.511 e. The van der Waals surface area contributed by atoms with Crippen molar-refractivity contribution in [2.75, 3.05) is 6.54 Å². The van der Waals surface area contributed by atoms with E-state index in [1.54, 1.807) is 24.3 Å². The molecule has 1 amide bonds. The van der Waals surface area contributed by atoms with Crippen LogP contribution in [0, 0.1) is 11.3 Å². The van der Waals surface area contributed by atoms with Crippen molar-refractivity contribution >= 4 is 11.5 Å². The first-order valence-electron chi connectivity index (χ1n) is 6.57. The normalized spacial score (nSPS) is 11.9. The summed E-state index contributed by atoms with van der Waals surface area (Å²) >= 11 is 0. The minimum atomic E-state index is -0.747. The van der Waals surface area contributed by atoms with Crippen LogP contribution in [-0.4, -0.2) is 22.7 Å². The standard InChI is InChI=1S/C17H17N3O3/c1-3-13(14-6-4-5-12(7-14)9-18)8-15(22)16(19)17(23)20-10-11(2)21/h3-8,21-22H,1-2,10,19H2,(H,20,23)/b13-8+,16-15+. The molecule has 1 aromatic rings. The molecule has 0 fully saturated rings. The van der Waals surface area contributed by atoms with Crippen molar-refractivity contribution in [2.45, 2.75) is 0 Å². The van der Waals surface area contributed by atoms with Gasteiger partial charge in [0.25, 0.3) is 5.91 Å². The Balaban J connectivity index is 3.10. The van der Waals surface area contributed by atoms with E-state index in [1.807, 2.05) is 6.07 Å². The summed E-state index contributed by atoms with van der Waals surface area (Å²) < 4.78 is 0. The van der Waals surface area contributed by atoms with E-state index in [0.29, 0.717) is 16.7 Å². The summed E-state index contributed by atoms with van der Waals surface area (Å²) in [6.07, 6.45) is 2.74. The highest BCUT2D eigenvalue weighted by Gasteiger charge is 2.11. The number of hydrogen-bond acceptors (Lipinski definition) is 5. The third-order valence-corrected chi connectivity index (χ3v) is 2.81. The molecule has 0 heterocycles. The van der Waals surface area contributed by atoms with Gasteiger partial charge in [-0.2, -0.15) is 5.26 Å². The lowest BCUT2D eigenvalue weighted by Gasteiger charge is -2.07. The van der Waals surface area contributed by atoms with E-state index in [9.17, 15) is 9.90 Å². The SMILES string of the molecule is C=C/C(=C\C(O)=C(/N)C(=O)NCC(=C)O)c1cccc(C#N)c1. The summed E-state index contributed by atoms with van der Waals surface area (Å²) in [6, 6.07) is 8.69. The maximum absolute atomic E-state index is 11.7. The Morgan fingerprint density at radius 2 is 2.13 bits per heavy atom. The summed E-state index contributed by atoms with van der Waals surface area (Å²) in [7, 11) is 0. The van der Waals surface area contributed by atoms with E-state index in [1.165, 1.54) is 12.2 Å². The predicted octanol–water partition coefficient (Wildman–Crippen LogP) is 2.04. The number of nitrogens with one attached hydrogen (secondary N) is 1. The van der Waals surface area contributed by atoms with Crippen LogP contribution >= 0.6 is 0 Å². The average molecular weight is 311 g/mol. The van der Waals surface area contributed by atoms with Crippen molar-refractivity contribution < 1.29 is 15.0 Å². The van der Waals surface area contributed by atoms with Crippen molar-refractivity contribution in [3.8, 4) is 6.07 Å². The Morgan fingerprint density at radius 1 is 1.43 bits per heavy atom. The van der Waals surface area contributed by atoms with Crippen molar-refractivity contribution in [3.63, 3.8) is 0 Å². The summed E-state index contributed by atoms with van der Waals surface area (Å²) in [5.41, 5.74) is 6.72. The molecule has 6 nitrogen and oxygen atoms in total. The zero-order chi connectivity index (χ0) is 17.4. The molecule has 0 atom stereocenters. The summed E-state index contributed by atoms with van der Waals surface area (Å²) in [6.45, 7) is 6.69. The van der Waals surface area contributed by atoms with Crippen molar-refractivity contribution in [1.82, 2.24) is 5.32 Å². The monoisotopic (exact) mass is 311 g/mol. The van der Waals surface area contributed by atoms with Crippen LogP contribution in [0.5, 0.6) is 0 Å². The number of allylic oxidation sites excluding steroid dienone is 3. The molecule has 5 N–H and O–H groups in total. The Hall–Kier alpha value is -3.46. The fourth-order valence-corrected chi connectivity index (χ4v) is 1.65. The van der Waals surface area contributed by atoms with Gasteiger partial charge in [0.1, 0.15) is 17.2 Å². The van der Waals surface area contributed by atoms with E-state index < -0.39 is 17.4 Å². The van der Waals surface area contributed by atoms with Crippen LogP contribution in [0.2, 0.25) is 0 Å². The second-order valence-electron chi connectivity index (χ2n) is 4.54. The molecule has 118 valence electrons. The molecule has 23 heavy (non-hydrogen) atoms. The number of benzene rings is 1. The van der Waals surface area contributed by atoms with E-state index in [0.717, 1.165) is 0 Å². The molecule has 0 radical (unpaired) electrons. The molecule has 0 saturated heterocycles. The van der Waals surface area contributed by atoms with Gasteiger partial charge in [0.2, 0.25) is 0 Å². The smallest absolute Gasteiger partial charge is 0.271 e. The minimum Gasteiger partial charge on any atom is -0.511 e. The van der Waals surface area contributed by atoms with E-state index in [4.69, 9.17) is 16.1 Å². The number of aliphatic hydroxyl groups excluding tert-OH is 2. The number of nitrogens with zero attached hydrogens (tertiary/aromatic N) is 1. The maximum atomic E-state index is 11.7. The van der Waals surface area contributed by atoms with E-state index in [-0.39, 0.29) is 12.3 Å².